The van der Waals surface area contributed by atoms with E-state index < -0.39 is 5.69 Å². The van der Waals surface area contributed by atoms with Gasteiger partial charge in [-0.25, -0.2) is 9.78 Å². The molecule has 2 aromatic rings. The van der Waals surface area contributed by atoms with Crippen molar-refractivity contribution < 1.29 is 0 Å². The molecule has 1 N–H and O–H groups in total. The minimum Gasteiger partial charge on any atom is -0.296 e. The van der Waals surface area contributed by atoms with E-state index in [0.29, 0.717) is 10.6 Å². The average Bonchev–Trinajstić information content (AvgIpc) is 2.17. The molecule has 0 aliphatic carbocycles. The molecule has 1 aromatic heterocycles. The Balaban J connectivity index is 2.59. The Morgan fingerprint density at radius 2 is 2.07 bits per heavy atom. The van der Waals surface area contributed by atoms with Crippen LogP contribution in [0.4, 0.5) is 0 Å². The smallest absolute Gasteiger partial charge is 0.296 e. The molecule has 0 unspecified atom stereocenters. The Hall–Kier alpha value is -1.32. The van der Waals surface area contributed by atoms with Crippen molar-refractivity contribution in [2.24, 2.45) is 0 Å². The van der Waals surface area contributed by atoms with Gasteiger partial charge in [0.15, 0.2) is 0 Å². The second-order valence-electron chi connectivity index (χ2n) is 2.93. The van der Waals surface area contributed by atoms with Crippen LogP contribution < -0.4 is 5.69 Å². The quantitative estimate of drug-likeness (QED) is 0.780. The summed E-state index contributed by atoms with van der Waals surface area (Å²) in [6.45, 7) is 0. The predicted octanol–water partition coefficient (Wildman–Crippen LogP) is 2.74. The first kappa shape index (κ1) is 10.2. The third kappa shape index (κ3) is 2.19. The number of hydrogen-bond acceptors (Lipinski definition) is 2. The molecule has 1 heterocycles. The van der Waals surface area contributed by atoms with Crippen molar-refractivity contribution in [1.82, 2.24) is 9.97 Å². The van der Waals surface area contributed by atoms with Gasteiger partial charge in [-0.3, -0.25) is 4.98 Å². The molecule has 0 atom stereocenters. The van der Waals surface area contributed by atoms with Crippen LogP contribution in [-0.2, 0) is 0 Å². The molecular weight excluding hydrogens is 235 g/mol. The minimum absolute atomic E-state index is 0.261. The van der Waals surface area contributed by atoms with Crippen LogP contribution in [0.25, 0.3) is 11.1 Å². The second-order valence-corrected chi connectivity index (χ2v) is 3.74. The van der Waals surface area contributed by atoms with Crippen molar-refractivity contribution in [2.45, 2.75) is 0 Å². The molecule has 0 bridgehead atoms. The van der Waals surface area contributed by atoms with E-state index in [1.807, 2.05) is 6.07 Å². The third-order valence-electron chi connectivity index (χ3n) is 1.90. The van der Waals surface area contributed by atoms with Gasteiger partial charge in [0.25, 0.3) is 0 Å². The van der Waals surface area contributed by atoms with Gasteiger partial charge < -0.3 is 0 Å². The summed E-state index contributed by atoms with van der Waals surface area (Å²) < 4.78 is 0. The third-order valence-corrected chi connectivity index (χ3v) is 2.43. The molecule has 0 aliphatic rings. The maximum Gasteiger partial charge on any atom is 0.346 e. The fraction of sp³-hybridized carbons (Fsp3) is 0. The van der Waals surface area contributed by atoms with Crippen LogP contribution in [0.2, 0.25) is 10.2 Å². The van der Waals surface area contributed by atoms with Crippen molar-refractivity contribution in [3.8, 4) is 11.1 Å². The summed E-state index contributed by atoms with van der Waals surface area (Å²) >= 11 is 11.7. The Kier molecular flexibility index (Phi) is 2.75. The zero-order valence-electron chi connectivity index (χ0n) is 7.50. The Morgan fingerprint density at radius 3 is 2.73 bits per heavy atom. The topological polar surface area (TPSA) is 45.8 Å². The Bertz CT molecular complexity index is 551. The lowest BCUT2D eigenvalue weighted by Gasteiger charge is -2.02. The summed E-state index contributed by atoms with van der Waals surface area (Å²) in [4.78, 5) is 16.9. The summed E-state index contributed by atoms with van der Waals surface area (Å²) in [6, 6.07) is 7.16. The molecule has 0 spiro atoms. The molecule has 2 rings (SSSR count). The number of nitrogens with zero attached hydrogens (tertiary/aromatic N) is 1. The molecule has 0 aliphatic heterocycles. The minimum atomic E-state index is -0.467. The standard InChI is InChI=1S/C10H6Cl2N2O/c11-7-3-1-2-6(4-7)8-5-13-10(15)14-9(8)12/h1-5H,(H,13,14,15). The van der Waals surface area contributed by atoms with E-state index in [1.165, 1.54) is 6.20 Å². The first-order chi connectivity index (χ1) is 7.16. The monoisotopic (exact) mass is 240 g/mol. The van der Waals surface area contributed by atoms with Gasteiger partial charge in [-0.1, -0.05) is 35.3 Å². The number of halogens is 2. The number of hydrogen-bond donors (Lipinski definition) is 1. The summed E-state index contributed by atoms with van der Waals surface area (Å²) in [6.07, 6.45) is 1.42. The normalized spacial score (nSPS) is 10.3. The van der Waals surface area contributed by atoms with Crippen molar-refractivity contribution in [2.75, 3.05) is 0 Å². The van der Waals surface area contributed by atoms with E-state index in [-0.39, 0.29) is 5.15 Å². The number of rotatable bonds is 1. The molecule has 1 aromatic carbocycles. The van der Waals surface area contributed by atoms with Crippen LogP contribution in [0.15, 0.2) is 35.3 Å². The van der Waals surface area contributed by atoms with E-state index in [2.05, 4.69) is 9.97 Å². The van der Waals surface area contributed by atoms with E-state index >= 15 is 0 Å². The number of aromatic nitrogens is 2. The van der Waals surface area contributed by atoms with Crippen molar-refractivity contribution in [1.29, 1.82) is 0 Å². The fourth-order valence-electron chi connectivity index (χ4n) is 1.23. The van der Waals surface area contributed by atoms with Crippen LogP contribution in [0.5, 0.6) is 0 Å². The van der Waals surface area contributed by atoms with Gasteiger partial charge in [0.2, 0.25) is 0 Å². The molecule has 15 heavy (non-hydrogen) atoms. The highest BCUT2D eigenvalue weighted by Crippen LogP contribution is 2.26. The van der Waals surface area contributed by atoms with E-state index in [0.717, 1.165) is 5.56 Å². The summed E-state index contributed by atoms with van der Waals surface area (Å²) in [5, 5.41) is 0.868. The highest BCUT2D eigenvalue weighted by molar-refractivity contribution is 6.32. The predicted molar refractivity (Wildman–Crippen MR) is 60.3 cm³/mol. The molecule has 76 valence electrons. The van der Waals surface area contributed by atoms with Gasteiger partial charge in [0, 0.05) is 16.8 Å². The number of nitrogens with one attached hydrogen (secondary N) is 1. The fourth-order valence-corrected chi connectivity index (χ4v) is 1.66. The molecule has 0 amide bonds. The summed E-state index contributed by atoms with van der Waals surface area (Å²) in [5.41, 5.74) is 1.00. The lowest BCUT2D eigenvalue weighted by Crippen LogP contribution is -2.09. The highest BCUT2D eigenvalue weighted by atomic mass is 35.5. The molecule has 0 saturated heterocycles. The van der Waals surface area contributed by atoms with Gasteiger partial charge in [0.1, 0.15) is 5.15 Å². The zero-order chi connectivity index (χ0) is 10.8. The second kappa shape index (κ2) is 4.04. The van der Waals surface area contributed by atoms with Crippen LogP contribution in [-0.4, -0.2) is 9.97 Å². The van der Waals surface area contributed by atoms with Crippen LogP contribution in [0.3, 0.4) is 0 Å². The maximum atomic E-state index is 10.9. The Labute approximate surface area is 95.7 Å². The van der Waals surface area contributed by atoms with Gasteiger partial charge in [-0.05, 0) is 17.7 Å². The zero-order valence-corrected chi connectivity index (χ0v) is 9.01. The van der Waals surface area contributed by atoms with E-state index in [9.17, 15) is 4.79 Å². The SMILES string of the molecule is O=c1ncc(-c2cccc(Cl)c2)c(Cl)[nH]1. The van der Waals surface area contributed by atoms with E-state index in [1.54, 1.807) is 18.2 Å². The molecule has 5 heteroatoms. The van der Waals surface area contributed by atoms with Crippen LogP contribution >= 0.6 is 23.2 Å². The maximum absolute atomic E-state index is 10.9. The average molecular weight is 241 g/mol. The lowest BCUT2D eigenvalue weighted by molar-refractivity contribution is 1.08. The van der Waals surface area contributed by atoms with Crippen molar-refractivity contribution >= 4 is 23.2 Å². The molecular formula is C10H6Cl2N2O. The first-order valence-electron chi connectivity index (χ1n) is 4.17. The molecule has 0 fully saturated rings. The molecule has 3 nitrogen and oxygen atoms in total. The van der Waals surface area contributed by atoms with Crippen LogP contribution in [0, 0.1) is 0 Å². The molecule has 0 saturated carbocycles. The summed E-state index contributed by atoms with van der Waals surface area (Å²) in [5.74, 6) is 0. The van der Waals surface area contributed by atoms with Crippen LogP contribution in [0.1, 0.15) is 0 Å². The number of H-pyrrole nitrogens is 1. The Morgan fingerprint density at radius 1 is 1.27 bits per heavy atom. The lowest BCUT2D eigenvalue weighted by atomic mass is 10.1. The van der Waals surface area contributed by atoms with Gasteiger partial charge in [0.05, 0.1) is 0 Å². The van der Waals surface area contributed by atoms with Gasteiger partial charge >= 0.3 is 5.69 Å². The van der Waals surface area contributed by atoms with Gasteiger partial charge in [-0.15, -0.1) is 0 Å². The highest BCUT2D eigenvalue weighted by Gasteiger charge is 2.04. The largest absolute Gasteiger partial charge is 0.346 e. The van der Waals surface area contributed by atoms with Gasteiger partial charge in [-0.2, -0.15) is 0 Å². The number of benzene rings is 1. The molecule has 0 radical (unpaired) electrons. The van der Waals surface area contributed by atoms with Crippen molar-refractivity contribution in [3.63, 3.8) is 0 Å². The number of aromatic amines is 1. The van der Waals surface area contributed by atoms with Crippen molar-refractivity contribution in [3.05, 3.63) is 51.1 Å². The van der Waals surface area contributed by atoms with E-state index in [4.69, 9.17) is 23.2 Å². The summed E-state index contributed by atoms with van der Waals surface area (Å²) in [7, 11) is 0. The first-order valence-corrected chi connectivity index (χ1v) is 4.93.